The van der Waals surface area contributed by atoms with Crippen molar-refractivity contribution in [1.82, 2.24) is 16.0 Å². The Morgan fingerprint density at radius 2 is 1.63 bits per heavy atom. The second-order valence-electron chi connectivity index (χ2n) is 5.32. The van der Waals surface area contributed by atoms with Crippen LogP contribution in [0.5, 0.6) is 0 Å². The number of rotatable bonds is 9. The first-order valence-electron chi connectivity index (χ1n) is 7.21. The molecule has 112 valence electrons. The zero-order chi connectivity index (χ0) is 14.8. The minimum atomic E-state index is -0.355. The highest BCUT2D eigenvalue weighted by Gasteiger charge is 2.14. The van der Waals surface area contributed by atoms with Gasteiger partial charge in [-0.2, -0.15) is 0 Å². The molecular weight excluding hydrogens is 242 g/mol. The first kappa shape index (κ1) is 17.9. The Morgan fingerprint density at radius 1 is 1.05 bits per heavy atom. The van der Waals surface area contributed by atoms with Crippen LogP contribution in [-0.4, -0.2) is 37.0 Å². The van der Waals surface area contributed by atoms with Gasteiger partial charge in [0, 0.05) is 12.6 Å². The third-order valence-corrected chi connectivity index (χ3v) is 3.00. The van der Waals surface area contributed by atoms with Crippen molar-refractivity contribution in [1.29, 1.82) is 0 Å². The fourth-order valence-electron chi connectivity index (χ4n) is 1.57. The van der Waals surface area contributed by atoms with Crippen LogP contribution in [0.1, 0.15) is 47.5 Å². The van der Waals surface area contributed by atoms with Gasteiger partial charge in [0.25, 0.3) is 0 Å². The zero-order valence-corrected chi connectivity index (χ0v) is 12.9. The molecule has 0 spiro atoms. The molecule has 19 heavy (non-hydrogen) atoms. The van der Waals surface area contributed by atoms with Crippen LogP contribution in [0.15, 0.2) is 0 Å². The second kappa shape index (κ2) is 9.78. The molecule has 0 bridgehead atoms. The number of hydrogen-bond acceptors (Lipinski definition) is 3. The van der Waals surface area contributed by atoms with Gasteiger partial charge in [0.2, 0.25) is 11.8 Å². The monoisotopic (exact) mass is 271 g/mol. The van der Waals surface area contributed by atoms with Crippen LogP contribution in [0.25, 0.3) is 0 Å². The molecule has 0 aromatic heterocycles. The highest BCUT2D eigenvalue weighted by molar-refractivity contribution is 5.83. The maximum atomic E-state index is 11.7. The summed E-state index contributed by atoms with van der Waals surface area (Å²) in [4.78, 5) is 23.3. The predicted molar refractivity (Wildman–Crippen MR) is 77.8 cm³/mol. The van der Waals surface area contributed by atoms with Gasteiger partial charge in [-0.1, -0.05) is 27.7 Å². The van der Waals surface area contributed by atoms with Crippen molar-refractivity contribution in [3.8, 4) is 0 Å². The highest BCUT2D eigenvalue weighted by atomic mass is 16.2. The average molecular weight is 271 g/mol. The van der Waals surface area contributed by atoms with Crippen molar-refractivity contribution in [2.75, 3.05) is 13.1 Å². The molecule has 5 heteroatoms. The van der Waals surface area contributed by atoms with Crippen molar-refractivity contribution >= 4 is 11.8 Å². The summed E-state index contributed by atoms with van der Waals surface area (Å²) in [6, 6.07) is -0.134. The SMILES string of the molecule is CCC(CC)NC(=O)CNC(C)C(=O)NCC(C)C. The zero-order valence-electron chi connectivity index (χ0n) is 12.9. The van der Waals surface area contributed by atoms with E-state index in [4.69, 9.17) is 0 Å². The summed E-state index contributed by atoms with van der Waals surface area (Å²) in [5.74, 6) is 0.301. The van der Waals surface area contributed by atoms with Gasteiger partial charge in [0.1, 0.15) is 0 Å². The summed E-state index contributed by atoms with van der Waals surface area (Å²) >= 11 is 0. The van der Waals surface area contributed by atoms with Crippen molar-refractivity contribution in [2.45, 2.75) is 59.5 Å². The van der Waals surface area contributed by atoms with Crippen molar-refractivity contribution < 1.29 is 9.59 Å². The Morgan fingerprint density at radius 3 is 2.11 bits per heavy atom. The van der Waals surface area contributed by atoms with Gasteiger partial charge in [-0.25, -0.2) is 0 Å². The summed E-state index contributed by atoms with van der Waals surface area (Å²) in [6.45, 7) is 10.8. The first-order valence-corrected chi connectivity index (χ1v) is 7.21. The molecule has 1 atom stereocenters. The minimum Gasteiger partial charge on any atom is -0.354 e. The van der Waals surface area contributed by atoms with Gasteiger partial charge >= 0.3 is 0 Å². The van der Waals surface area contributed by atoms with Gasteiger partial charge in [-0.3, -0.25) is 14.9 Å². The molecule has 0 aromatic carbocycles. The van der Waals surface area contributed by atoms with E-state index in [0.717, 1.165) is 12.8 Å². The van der Waals surface area contributed by atoms with Gasteiger partial charge in [-0.05, 0) is 25.7 Å². The van der Waals surface area contributed by atoms with Crippen LogP contribution < -0.4 is 16.0 Å². The summed E-state index contributed by atoms with van der Waals surface area (Å²) in [6.07, 6.45) is 1.85. The molecule has 0 aliphatic carbocycles. The van der Waals surface area contributed by atoms with Crippen molar-refractivity contribution in [3.05, 3.63) is 0 Å². The Labute approximate surface area is 116 Å². The Kier molecular flexibility index (Phi) is 9.21. The highest BCUT2D eigenvalue weighted by Crippen LogP contribution is 1.95. The van der Waals surface area contributed by atoms with E-state index in [1.54, 1.807) is 6.92 Å². The van der Waals surface area contributed by atoms with E-state index in [0.29, 0.717) is 12.5 Å². The summed E-state index contributed by atoms with van der Waals surface area (Å²) in [5, 5.41) is 8.70. The van der Waals surface area contributed by atoms with E-state index in [9.17, 15) is 9.59 Å². The lowest BCUT2D eigenvalue weighted by Gasteiger charge is -2.17. The molecular formula is C14H29N3O2. The van der Waals surface area contributed by atoms with Crippen LogP contribution in [0.4, 0.5) is 0 Å². The largest absolute Gasteiger partial charge is 0.354 e. The molecule has 3 N–H and O–H groups in total. The summed E-state index contributed by atoms with van der Waals surface area (Å²) in [5.41, 5.74) is 0. The van der Waals surface area contributed by atoms with E-state index in [1.165, 1.54) is 0 Å². The molecule has 2 amide bonds. The molecule has 0 aromatic rings. The average Bonchev–Trinajstić information content (AvgIpc) is 2.39. The van der Waals surface area contributed by atoms with Gasteiger partial charge in [0.05, 0.1) is 12.6 Å². The Balaban J connectivity index is 3.91. The molecule has 0 aliphatic heterocycles. The lowest BCUT2D eigenvalue weighted by Crippen LogP contribution is -2.48. The fourth-order valence-corrected chi connectivity index (χ4v) is 1.57. The van der Waals surface area contributed by atoms with E-state index >= 15 is 0 Å². The lowest BCUT2D eigenvalue weighted by atomic mass is 10.2. The smallest absolute Gasteiger partial charge is 0.236 e. The number of nitrogens with one attached hydrogen (secondary N) is 3. The molecule has 0 saturated heterocycles. The van der Waals surface area contributed by atoms with Crippen molar-refractivity contribution in [2.24, 2.45) is 5.92 Å². The van der Waals surface area contributed by atoms with E-state index in [2.05, 4.69) is 16.0 Å². The van der Waals surface area contributed by atoms with Crippen LogP contribution in [0, 0.1) is 5.92 Å². The molecule has 0 radical (unpaired) electrons. The summed E-state index contributed by atoms with van der Waals surface area (Å²) in [7, 11) is 0. The summed E-state index contributed by atoms with van der Waals surface area (Å²) < 4.78 is 0. The molecule has 0 fully saturated rings. The second-order valence-corrected chi connectivity index (χ2v) is 5.32. The number of carbonyl (C=O) groups excluding carboxylic acids is 2. The first-order chi connectivity index (χ1) is 8.90. The van der Waals surface area contributed by atoms with Crippen molar-refractivity contribution in [3.63, 3.8) is 0 Å². The Bertz CT molecular complexity index is 276. The molecule has 0 saturated carbocycles. The Hall–Kier alpha value is -1.10. The molecule has 5 nitrogen and oxygen atoms in total. The topological polar surface area (TPSA) is 70.2 Å². The van der Waals surface area contributed by atoms with Crippen LogP contribution >= 0.6 is 0 Å². The van der Waals surface area contributed by atoms with E-state index in [1.807, 2.05) is 27.7 Å². The molecule has 0 aliphatic rings. The normalized spacial score (nSPS) is 12.6. The maximum absolute atomic E-state index is 11.7. The third-order valence-electron chi connectivity index (χ3n) is 3.00. The van der Waals surface area contributed by atoms with Gasteiger partial charge in [0.15, 0.2) is 0 Å². The van der Waals surface area contributed by atoms with Gasteiger partial charge in [-0.15, -0.1) is 0 Å². The third kappa shape index (κ3) is 8.59. The quantitative estimate of drug-likeness (QED) is 0.587. The van der Waals surface area contributed by atoms with Gasteiger partial charge < -0.3 is 10.6 Å². The predicted octanol–water partition coefficient (Wildman–Crippen LogP) is 1.04. The number of hydrogen-bond donors (Lipinski definition) is 3. The van der Waals surface area contributed by atoms with Crippen LogP contribution in [0.3, 0.4) is 0 Å². The maximum Gasteiger partial charge on any atom is 0.236 e. The molecule has 0 heterocycles. The van der Waals surface area contributed by atoms with Crippen LogP contribution in [0.2, 0.25) is 0 Å². The fraction of sp³-hybridized carbons (Fsp3) is 0.857. The minimum absolute atomic E-state index is 0.0581. The lowest BCUT2D eigenvalue weighted by molar-refractivity contribution is -0.123. The number of carbonyl (C=O) groups is 2. The molecule has 0 rings (SSSR count). The standard InChI is InChI=1S/C14H29N3O2/c1-6-12(7-2)17-13(18)9-15-11(5)14(19)16-8-10(3)4/h10-12,15H,6-9H2,1-5H3,(H,16,19)(H,17,18). The van der Waals surface area contributed by atoms with Crippen LogP contribution in [-0.2, 0) is 9.59 Å². The molecule has 1 unspecified atom stereocenters. The number of amides is 2. The van der Waals surface area contributed by atoms with E-state index < -0.39 is 0 Å². The van der Waals surface area contributed by atoms with E-state index in [-0.39, 0.29) is 30.4 Å².